The van der Waals surface area contributed by atoms with Crippen molar-refractivity contribution in [1.29, 1.82) is 0 Å². The van der Waals surface area contributed by atoms with E-state index in [-0.39, 0.29) is 6.10 Å². The molecule has 7 nitrogen and oxygen atoms in total. The molecule has 0 spiro atoms. The molecule has 0 unspecified atom stereocenters. The van der Waals surface area contributed by atoms with E-state index in [1.54, 1.807) is 10.9 Å². The van der Waals surface area contributed by atoms with Gasteiger partial charge < -0.3 is 10.1 Å². The van der Waals surface area contributed by atoms with Gasteiger partial charge in [-0.25, -0.2) is 9.67 Å². The molecule has 0 aromatic carbocycles. The molecule has 0 fully saturated rings. The number of nitrogens with zero attached hydrogens (tertiary/aromatic N) is 5. The Morgan fingerprint density at radius 2 is 2.04 bits per heavy atom. The minimum atomic E-state index is 0.102. The van der Waals surface area contributed by atoms with E-state index in [1.807, 2.05) is 57.3 Å². The van der Waals surface area contributed by atoms with Crippen LogP contribution in [-0.4, -0.2) is 31.1 Å². The largest absolute Gasteiger partial charge is 0.475 e. The summed E-state index contributed by atoms with van der Waals surface area (Å²) in [7, 11) is 0. The van der Waals surface area contributed by atoms with Gasteiger partial charge in [0.25, 0.3) is 0 Å². The molecular weight excluding hydrogens is 304 g/mol. The lowest BCUT2D eigenvalue weighted by molar-refractivity contribution is 0.232. The molecule has 0 aliphatic rings. The van der Waals surface area contributed by atoms with Crippen molar-refractivity contribution in [3.8, 4) is 11.7 Å². The van der Waals surface area contributed by atoms with E-state index in [4.69, 9.17) is 4.74 Å². The van der Waals surface area contributed by atoms with Crippen molar-refractivity contribution >= 4 is 5.82 Å². The molecule has 3 aromatic rings. The Bertz CT molecular complexity index is 797. The monoisotopic (exact) mass is 324 g/mol. The molecule has 0 radical (unpaired) electrons. The topological polar surface area (TPSA) is 77.8 Å². The van der Waals surface area contributed by atoms with Gasteiger partial charge in [-0.1, -0.05) is 0 Å². The number of rotatable bonds is 6. The van der Waals surface area contributed by atoms with Gasteiger partial charge in [0.2, 0.25) is 5.88 Å². The van der Waals surface area contributed by atoms with E-state index >= 15 is 0 Å². The molecule has 124 valence electrons. The number of hydrogen-bond acceptors (Lipinski definition) is 6. The van der Waals surface area contributed by atoms with Crippen LogP contribution in [0.15, 0.2) is 42.7 Å². The van der Waals surface area contributed by atoms with E-state index in [1.165, 1.54) is 0 Å². The van der Waals surface area contributed by atoms with Crippen molar-refractivity contribution in [3.05, 3.63) is 54.0 Å². The van der Waals surface area contributed by atoms with Gasteiger partial charge in [-0.2, -0.15) is 5.10 Å². The highest BCUT2D eigenvalue weighted by Gasteiger charge is 2.03. The lowest BCUT2D eigenvalue weighted by Gasteiger charge is -2.10. The van der Waals surface area contributed by atoms with Crippen LogP contribution in [0.3, 0.4) is 0 Å². The zero-order valence-corrected chi connectivity index (χ0v) is 14.0. The molecule has 3 heterocycles. The third-order valence-electron chi connectivity index (χ3n) is 3.24. The average molecular weight is 324 g/mol. The van der Waals surface area contributed by atoms with Crippen molar-refractivity contribution in [2.75, 3.05) is 5.32 Å². The van der Waals surface area contributed by atoms with Gasteiger partial charge >= 0.3 is 0 Å². The van der Waals surface area contributed by atoms with Crippen LogP contribution >= 0.6 is 0 Å². The zero-order valence-electron chi connectivity index (χ0n) is 14.0. The summed E-state index contributed by atoms with van der Waals surface area (Å²) in [6.07, 6.45) is 3.70. The summed E-state index contributed by atoms with van der Waals surface area (Å²) in [5.41, 5.74) is 2.00. The molecule has 0 amide bonds. The van der Waals surface area contributed by atoms with Crippen molar-refractivity contribution in [2.24, 2.45) is 0 Å². The third kappa shape index (κ3) is 4.07. The SMILES string of the molecule is Cc1ccn(-c2ccc(NCc3ccnc(OC(C)C)c3)nn2)n1. The number of aromatic nitrogens is 5. The van der Waals surface area contributed by atoms with E-state index in [9.17, 15) is 0 Å². The molecule has 3 aromatic heterocycles. The van der Waals surface area contributed by atoms with Gasteiger partial charge in [0.05, 0.1) is 11.8 Å². The Balaban J connectivity index is 1.62. The van der Waals surface area contributed by atoms with Crippen LogP contribution in [-0.2, 0) is 6.54 Å². The summed E-state index contributed by atoms with van der Waals surface area (Å²) in [5, 5.41) is 15.9. The number of nitrogens with one attached hydrogen (secondary N) is 1. The molecule has 0 saturated carbocycles. The van der Waals surface area contributed by atoms with Crippen LogP contribution in [0.1, 0.15) is 25.1 Å². The summed E-state index contributed by atoms with van der Waals surface area (Å²) in [4.78, 5) is 4.19. The van der Waals surface area contributed by atoms with Gasteiger partial charge in [-0.15, -0.1) is 10.2 Å². The molecular formula is C17H20N6O. The maximum absolute atomic E-state index is 5.60. The van der Waals surface area contributed by atoms with Crippen molar-refractivity contribution < 1.29 is 4.74 Å². The smallest absolute Gasteiger partial charge is 0.213 e. The summed E-state index contributed by atoms with van der Waals surface area (Å²) in [5.74, 6) is 2.01. The summed E-state index contributed by atoms with van der Waals surface area (Å²) in [6.45, 7) is 6.51. The number of ether oxygens (including phenoxy) is 1. The molecule has 0 saturated heterocycles. The molecule has 24 heavy (non-hydrogen) atoms. The molecule has 0 atom stereocenters. The molecule has 0 aliphatic heterocycles. The van der Waals surface area contributed by atoms with Crippen LogP contribution in [0.25, 0.3) is 5.82 Å². The Morgan fingerprint density at radius 1 is 1.17 bits per heavy atom. The predicted octanol–water partition coefficient (Wildman–Crippen LogP) is 2.77. The van der Waals surface area contributed by atoms with Crippen LogP contribution in [0.5, 0.6) is 5.88 Å². The van der Waals surface area contributed by atoms with Crippen molar-refractivity contribution in [1.82, 2.24) is 25.0 Å². The van der Waals surface area contributed by atoms with Gasteiger partial charge in [0.15, 0.2) is 5.82 Å². The van der Waals surface area contributed by atoms with Crippen LogP contribution in [0.2, 0.25) is 0 Å². The fourth-order valence-corrected chi connectivity index (χ4v) is 2.14. The van der Waals surface area contributed by atoms with Gasteiger partial charge in [0, 0.05) is 25.0 Å². The van der Waals surface area contributed by atoms with Gasteiger partial charge in [-0.05, 0) is 50.6 Å². The second-order valence-corrected chi connectivity index (χ2v) is 5.70. The Labute approximate surface area is 140 Å². The highest BCUT2D eigenvalue weighted by atomic mass is 16.5. The van der Waals surface area contributed by atoms with Gasteiger partial charge in [0.1, 0.15) is 5.82 Å². The first-order valence-corrected chi connectivity index (χ1v) is 7.82. The van der Waals surface area contributed by atoms with E-state index < -0.39 is 0 Å². The highest BCUT2D eigenvalue weighted by molar-refractivity contribution is 5.37. The zero-order chi connectivity index (χ0) is 16.9. The summed E-state index contributed by atoms with van der Waals surface area (Å²) < 4.78 is 7.30. The highest BCUT2D eigenvalue weighted by Crippen LogP contribution is 2.13. The number of aryl methyl sites for hydroxylation is 1. The lowest BCUT2D eigenvalue weighted by atomic mass is 10.2. The Morgan fingerprint density at radius 3 is 2.71 bits per heavy atom. The second-order valence-electron chi connectivity index (χ2n) is 5.70. The molecule has 0 aliphatic carbocycles. The van der Waals surface area contributed by atoms with Gasteiger partial charge in [-0.3, -0.25) is 0 Å². The third-order valence-corrected chi connectivity index (χ3v) is 3.24. The summed E-state index contributed by atoms with van der Waals surface area (Å²) >= 11 is 0. The fraction of sp³-hybridized carbons (Fsp3) is 0.294. The first kappa shape index (κ1) is 15.9. The first-order chi connectivity index (χ1) is 11.6. The fourth-order valence-electron chi connectivity index (χ4n) is 2.14. The average Bonchev–Trinajstić information content (AvgIpc) is 3.00. The van der Waals surface area contributed by atoms with Crippen LogP contribution in [0, 0.1) is 6.92 Å². The predicted molar refractivity (Wildman–Crippen MR) is 91.2 cm³/mol. The van der Waals surface area contributed by atoms with Crippen molar-refractivity contribution in [2.45, 2.75) is 33.4 Å². The number of anilines is 1. The van der Waals surface area contributed by atoms with E-state index in [0.29, 0.717) is 24.1 Å². The number of pyridine rings is 1. The summed E-state index contributed by atoms with van der Waals surface area (Å²) in [6, 6.07) is 9.54. The Kier molecular flexibility index (Phi) is 4.69. The minimum absolute atomic E-state index is 0.102. The lowest BCUT2D eigenvalue weighted by Crippen LogP contribution is -2.08. The maximum Gasteiger partial charge on any atom is 0.213 e. The van der Waals surface area contributed by atoms with Crippen molar-refractivity contribution in [3.63, 3.8) is 0 Å². The normalized spacial score (nSPS) is 10.8. The second kappa shape index (κ2) is 7.08. The molecule has 1 N–H and O–H groups in total. The van der Waals surface area contributed by atoms with E-state index in [2.05, 4.69) is 25.6 Å². The number of hydrogen-bond donors (Lipinski definition) is 1. The molecule has 0 bridgehead atoms. The Hall–Kier alpha value is -2.96. The standard InChI is InChI=1S/C17H20N6O/c1-12(2)24-17-10-14(6-8-18-17)11-19-15-4-5-16(21-20-15)23-9-7-13(3)22-23/h4-10,12H,11H2,1-3H3,(H,19,20). The van der Waals surface area contributed by atoms with Crippen LogP contribution < -0.4 is 10.1 Å². The molecule has 3 rings (SSSR count). The minimum Gasteiger partial charge on any atom is -0.475 e. The van der Waals surface area contributed by atoms with E-state index in [0.717, 1.165) is 11.3 Å². The van der Waals surface area contributed by atoms with Crippen LogP contribution in [0.4, 0.5) is 5.82 Å². The first-order valence-electron chi connectivity index (χ1n) is 7.82. The quantitative estimate of drug-likeness (QED) is 0.751. The maximum atomic E-state index is 5.60. The molecule has 7 heteroatoms.